The van der Waals surface area contributed by atoms with Crippen molar-refractivity contribution in [2.75, 3.05) is 0 Å². The largest absolute Gasteiger partial charge is 0.344 e. The van der Waals surface area contributed by atoms with Gasteiger partial charge in [0.25, 0.3) is 5.91 Å². The fraction of sp³-hybridized carbons (Fsp3) is 0.158. The zero-order valence-corrected chi connectivity index (χ0v) is 14.5. The van der Waals surface area contributed by atoms with Gasteiger partial charge in [-0.05, 0) is 43.7 Å². The summed E-state index contributed by atoms with van der Waals surface area (Å²) in [5.41, 5.74) is 4.27. The topological polar surface area (TPSA) is 88.5 Å². The molecule has 1 unspecified atom stereocenters. The van der Waals surface area contributed by atoms with Crippen molar-refractivity contribution in [1.82, 2.24) is 30.3 Å². The number of aromatic nitrogens is 5. The highest BCUT2D eigenvalue weighted by Crippen LogP contribution is 2.20. The van der Waals surface area contributed by atoms with Crippen LogP contribution in [0.5, 0.6) is 0 Å². The zero-order chi connectivity index (χ0) is 18.1. The number of hydrogen-bond acceptors (Lipinski definition) is 4. The van der Waals surface area contributed by atoms with Gasteiger partial charge in [-0.15, -0.1) is 0 Å². The van der Waals surface area contributed by atoms with E-state index in [4.69, 9.17) is 0 Å². The summed E-state index contributed by atoms with van der Waals surface area (Å²) in [4.78, 5) is 16.6. The normalized spacial score (nSPS) is 12.2. The van der Waals surface area contributed by atoms with Crippen LogP contribution in [0.2, 0.25) is 0 Å². The summed E-state index contributed by atoms with van der Waals surface area (Å²) in [6.07, 6.45) is 3.14. The molecule has 0 saturated heterocycles. The second-order valence-electron chi connectivity index (χ2n) is 6.25. The summed E-state index contributed by atoms with van der Waals surface area (Å²) in [7, 11) is 0. The minimum atomic E-state index is -0.199. The van der Waals surface area contributed by atoms with Crippen LogP contribution in [0, 0.1) is 6.92 Å². The number of nitrogens with one attached hydrogen (secondary N) is 2. The van der Waals surface area contributed by atoms with E-state index in [1.54, 1.807) is 11.0 Å². The number of rotatable bonds is 4. The molecular formula is C19H18N6O. The van der Waals surface area contributed by atoms with E-state index in [1.165, 1.54) is 6.33 Å². The minimum Gasteiger partial charge on any atom is -0.344 e. The first kappa shape index (κ1) is 16.0. The van der Waals surface area contributed by atoms with Crippen molar-refractivity contribution in [3.8, 4) is 5.69 Å². The Morgan fingerprint density at radius 1 is 1.19 bits per heavy atom. The first-order valence-corrected chi connectivity index (χ1v) is 8.32. The zero-order valence-electron chi connectivity index (χ0n) is 14.5. The Bertz CT molecular complexity index is 1050. The van der Waals surface area contributed by atoms with Gasteiger partial charge in [-0.1, -0.05) is 23.8 Å². The van der Waals surface area contributed by atoms with E-state index in [0.29, 0.717) is 5.69 Å². The third-order valence-electron chi connectivity index (χ3n) is 4.36. The summed E-state index contributed by atoms with van der Waals surface area (Å²) in [5.74, 6) is -0.199. The van der Waals surface area contributed by atoms with Gasteiger partial charge in [0, 0.05) is 5.39 Å². The third kappa shape index (κ3) is 2.95. The molecule has 0 saturated carbocycles. The fourth-order valence-electron chi connectivity index (χ4n) is 2.91. The van der Waals surface area contributed by atoms with E-state index >= 15 is 0 Å². The summed E-state index contributed by atoms with van der Waals surface area (Å²) in [6, 6.07) is 13.6. The van der Waals surface area contributed by atoms with Crippen LogP contribution in [0.3, 0.4) is 0 Å². The number of aromatic amines is 1. The van der Waals surface area contributed by atoms with Crippen molar-refractivity contribution in [2.24, 2.45) is 0 Å². The lowest BCUT2D eigenvalue weighted by molar-refractivity contribution is 0.0936. The molecule has 2 heterocycles. The molecule has 1 atom stereocenters. The van der Waals surface area contributed by atoms with Gasteiger partial charge in [-0.2, -0.15) is 10.2 Å². The smallest absolute Gasteiger partial charge is 0.272 e. The maximum absolute atomic E-state index is 12.7. The molecule has 7 nitrogen and oxygen atoms in total. The van der Waals surface area contributed by atoms with E-state index in [-0.39, 0.29) is 11.9 Å². The van der Waals surface area contributed by atoms with Gasteiger partial charge < -0.3 is 5.32 Å². The summed E-state index contributed by atoms with van der Waals surface area (Å²) >= 11 is 0. The highest BCUT2D eigenvalue weighted by atomic mass is 16.2. The molecule has 0 fully saturated rings. The fourth-order valence-corrected chi connectivity index (χ4v) is 2.91. The van der Waals surface area contributed by atoms with Crippen molar-refractivity contribution in [3.05, 3.63) is 71.9 Å². The monoisotopic (exact) mass is 346 g/mol. The number of carbonyl (C=O) groups excluding carboxylic acids is 1. The number of carbonyl (C=O) groups is 1. The quantitative estimate of drug-likeness (QED) is 0.595. The van der Waals surface area contributed by atoms with Crippen molar-refractivity contribution >= 4 is 16.8 Å². The molecule has 130 valence electrons. The molecule has 0 aliphatic rings. The van der Waals surface area contributed by atoms with Gasteiger partial charge in [-0.25, -0.2) is 9.67 Å². The van der Waals surface area contributed by atoms with E-state index in [1.807, 2.05) is 56.3 Å². The predicted octanol–water partition coefficient (Wildman–Crippen LogP) is 2.94. The molecule has 0 spiro atoms. The highest BCUT2D eigenvalue weighted by molar-refractivity contribution is 6.04. The lowest BCUT2D eigenvalue weighted by atomic mass is 10.1. The second kappa shape index (κ2) is 6.44. The van der Waals surface area contributed by atoms with E-state index in [9.17, 15) is 4.79 Å². The van der Waals surface area contributed by atoms with Crippen molar-refractivity contribution in [1.29, 1.82) is 0 Å². The molecule has 0 radical (unpaired) electrons. The Morgan fingerprint density at radius 3 is 2.73 bits per heavy atom. The van der Waals surface area contributed by atoms with Crippen molar-refractivity contribution in [2.45, 2.75) is 19.9 Å². The van der Waals surface area contributed by atoms with Gasteiger partial charge in [-0.3, -0.25) is 9.89 Å². The number of H-pyrrole nitrogens is 1. The van der Waals surface area contributed by atoms with E-state index in [2.05, 4.69) is 25.6 Å². The maximum atomic E-state index is 12.7. The highest BCUT2D eigenvalue weighted by Gasteiger charge is 2.17. The van der Waals surface area contributed by atoms with Gasteiger partial charge in [0.05, 0.1) is 17.2 Å². The molecule has 26 heavy (non-hydrogen) atoms. The molecular weight excluding hydrogens is 328 g/mol. The lowest BCUT2D eigenvalue weighted by Gasteiger charge is -2.14. The van der Waals surface area contributed by atoms with Crippen LogP contribution in [-0.2, 0) is 0 Å². The molecule has 4 aromatic rings. The van der Waals surface area contributed by atoms with E-state index < -0.39 is 0 Å². The number of benzene rings is 2. The third-order valence-corrected chi connectivity index (χ3v) is 4.36. The average Bonchev–Trinajstić information content (AvgIpc) is 3.31. The van der Waals surface area contributed by atoms with Gasteiger partial charge in [0.1, 0.15) is 12.7 Å². The Balaban J connectivity index is 1.52. The van der Waals surface area contributed by atoms with Crippen molar-refractivity contribution in [3.63, 3.8) is 0 Å². The first-order chi connectivity index (χ1) is 12.6. The SMILES string of the molecule is Cc1ccc2[nH]nc(C(=O)NC(C)c3ccc(-n4cncn4)cc3)c2c1. The van der Waals surface area contributed by atoms with Crippen LogP contribution in [0.25, 0.3) is 16.6 Å². The number of fused-ring (bicyclic) bond motifs is 1. The second-order valence-corrected chi connectivity index (χ2v) is 6.25. The lowest BCUT2D eigenvalue weighted by Crippen LogP contribution is -2.27. The Kier molecular flexibility index (Phi) is 3.96. The summed E-state index contributed by atoms with van der Waals surface area (Å²) < 4.78 is 1.69. The number of hydrogen-bond donors (Lipinski definition) is 2. The van der Waals surface area contributed by atoms with Gasteiger partial charge in [0.2, 0.25) is 0 Å². The molecule has 2 N–H and O–H groups in total. The maximum Gasteiger partial charge on any atom is 0.272 e. The molecule has 2 aromatic carbocycles. The molecule has 2 aromatic heterocycles. The van der Waals surface area contributed by atoms with Crippen molar-refractivity contribution < 1.29 is 4.79 Å². The molecule has 1 amide bonds. The number of amides is 1. The number of nitrogens with zero attached hydrogens (tertiary/aromatic N) is 4. The predicted molar refractivity (Wildman–Crippen MR) is 98.1 cm³/mol. The Labute approximate surface area is 150 Å². The standard InChI is InChI=1S/C19H18N6O/c1-12-3-8-17-16(9-12)18(24-23-17)19(26)22-13(2)14-4-6-15(7-5-14)25-11-20-10-21-25/h3-11,13H,1-2H3,(H,22,26)(H,23,24). The van der Waals surface area contributed by atoms with Crippen LogP contribution in [0.4, 0.5) is 0 Å². The molecule has 0 aliphatic carbocycles. The molecule has 0 bridgehead atoms. The van der Waals surface area contributed by atoms with Crippen LogP contribution in [0.1, 0.15) is 34.6 Å². The molecule has 4 rings (SSSR count). The van der Waals surface area contributed by atoms with Crippen LogP contribution in [0.15, 0.2) is 55.1 Å². The Morgan fingerprint density at radius 2 is 2.00 bits per heavy atom. The van der Waals surface area contributed by atoms with Gasteiger partial charge >= 0.3 is 0 Å². The Hall–Kier alpha value is -3.48. The average molecular weight is 346 g/mol. The summed E-state index contributed by atoms with van der Waals surface area (Å²) in [5, 5.41) is 15.0. The first-order valence-electron chi connectivity index (χ1n) is 8.32. The molecule has 0 aliphatic heterocycles. The minimum absolute atomic E-state index is 0.149. The molecule has 7 heteroatoms. The van der Waals surface area contributed by atoms with Crippen LogP contribution >= 0.6 is 0 Å². The van der Waals surface area contributed by atoms with Crippen LogP contribution in [-0.4, -0.2) is 30.9 Å². The van der Waals surface area contributed by atoms with Gasteiger partial charge in [0.15, 0.2) is 5.69 Å². The van der Waals surface area contributed by atoms with E-state index in [0.717, 1.165) is 27.7 Å². The summed E-state index contributed by atoms with van der Waals surface area (Å²) in [6.45, 7) is 3.94. The van der Waals surface area contributed by atoms with Crippen LogP contribution < -0.4 is 5.32 Å². The number of aryl methyl sites for hydroxylation is 1.